The number of rotatable bonds is 6. The molecule has 1 heterocycles. The highest BCUT2D eigenvalue weighted by Crippen LogP contribution is 2.19. The zero-order valence-electron chi connectivity index (χ0n) is 17.7. The molecule has 1 saturated heterocycles. The molecule has 4 rings (SSSR count). The van der Waals surface area contributed by atoms with Crippen molar-refractivity contribution in [1.29, 1.82) is 0 Å². The van der Waals surface area contributed by atoms with Gasteiger partial charge in [-0.3, -0.25) is 4.79 Å². The molecule has 0 aliphatic carbocycles. The van der Waals surface area contributed by atoms with E-state index in [0.717, 1.165) is 13.1 Å². The second kappa shape index (κ2) is 9.75. The van der Waals surface area contributed by atoms with E-state index in [1.165, 1.54) is 28.2 Å². The smallest absolute Gasteiger partial charge is 0.263 e. The van der Waals surface area contributed by atoms with Crippen LogP contribution in [0.25, 0.3) is 0 Å². The van der Waals surface area contributed by atoms with Gasteiger partial charge in [-0.1, -0.05) is 60.7 Å². The van der Waals surface area contributed by atoms with E-state index in [0.29, 0.717) is 18.8 Å². The van der Waals surface area contributed by atoms with Crippen LogP contribution in [0.1, 0.15) is 24.1 Å². The molecule has 1 aliphatic rings. The summed E-state index contributed by atoms with van der Waals surface area (Å²) in [6.07, 6.45) is -0.606. The van der Waals surface area contributed by atoms with Crippen LogP contribution in [-0.2, 0) is 4.79 Å². The molecule has 0 spiro atoms. The first-order valence-electron chi connectivity index (χ1n) is 10.8. The van der Waals surface area contributed by atoms with Crippen molar-refractivity contribution >= 4 is 5.91 Å². The fourth-order valence-electron chi connectivity index (χ4n) is 4.28. The lowest BCUT2D eigenvalue weighted by atomic mass is 9.96. The number of nitrogens with one attached hydrogen (secondary N) is 1. The van der Waals surface area contributed by atoms with Gasteiger partial charge in [0.25, 0.3) is 5.91 Å². The topological polar surface area (TPSA) is 34.0 Å². The van der Waals surface area contributed by atoms with Gasteiger partial charge >= 0.3 is 0 Å². The molecular formula is C26H28FN2O2+. The van der Waals surface area contributed by atoms with E-state index in [4.69, 9.17) is 4.74 Å². The summed E-state index contributed by atoms with van der Waals surface area (Å²) in [6.45, 7) is 4.84. The van der Waals surface area contributed by atoms with Crippen LogP contribution in [0.2, 0.25) is 0 Å². The van der Waals surface area contributed by atoms with E-state index in [-0.39, 0.29) is 17.8 Å². The lowest BCUT2D eigenvalue weighted by Crippen LogP contribution is -3.15. The average Bonchev–Trinajstić information content (AvgIpc) is 2.82. The van der Waals surface area contributed by atoms with Gasteiger partial charge in [-0.2, -0.15) is 0 Å². The lowest BCUT2D eigenvalue weighted by molar-refractivity contribution is -0.929. The number of piperazine rings is 1. The summed E-state index contributed by atoms with van der Waals surface area (Å²) in [5, 5.41) is 0. The third-order valence-corrected chi connectivity index (χ3v) is 5.87. The van der Waals surface area contributed by atoms with E-state index in [2.05, 4.69) is 48.5 Å². The average molecular weight is 420 g/mol. The van der Waals surface area contributed by atoms with Crippen LogP contribution in [0.3, 0.4) is 0 Å². The molecular weight excluding hydrogens is 391 g/mol. The highest BCUT2D eigenvalue weighted by molar-refractivity contribution is 5.81. The summed E-state index contributed by atoms with van der Waals surface area (Å²) < 4.78 is 18.8. The van der Waals surface area contributed by atoms with Crippen LogP contribution in [0.5, 0.6) is 5.75 Å². The lowest BCUT2D eigenvalue weighted by Gasteiger charge is -2.37. The van der Waals surface area contributed by atoms with Crippen molar-refractivity contribution in [3.63, 3.8) is 0 Å². The number of benzene rings is 3. The predicted molar refractivity (Wildman–Crippen MR) is 118 cm³/mol. The van der Waals surface area contributed by atoms with Crippen LogP contribution < -0.4 is 9.64 Å². The van der Waals surface area contributed by atoms with Gasteiger partial charge in [0.15, 0.2) is 6.10 Å². The predicted octanol–water partition coefficient (Wildman–Crippen LogP) is 3.11. The molecule has 0 bridgehead atoms. The monoisotopic (exact) mass is 419 g/mol. The SMILES string of the molecule is C[C@H](Oc1ccc(F)cc1)C(=O)N1CC[NH+](C(c2ccccc2)c2ccccc2)CC1. The van der Waals surface area contributed by atoms with E-state index in [1.54, 1.807) is 19.1 Å². The second-order valence-electron chi connectivity index (χ2n) is 7.95. The number of carbonyl (C=O) groups excluding carboxylic acids is 1. The van der Waals surface area contributed by atoms with Gasteiger partial charge in [-0.15, -0.1) is 0 Å². The highest BCUT2D eigenvalue weighted by atomic mass is 19.1. The minimum atomic E-state index is -0.606. The van der Waals surface area contributed by atoms with Crippen LogP contribution in [0.4, 0.5) is 4.39 Å². The van der Waals surface area contributed by atoms with Gasteiger partial charge in [-0.05, 0) is 31.2 Å². The van der Waals surface area contributed by atoms with Crippen molar-refractivity contribution in [2.75, 3.05) is 26.2 Å². The van der Waals surface area contributed by atoms with E-state index >= 15 is 0 Å². The zero-order chi connectivity index (χ0) is 21.6. The Hall–Kier alpha value is -3.18. The minimum Gasteiger partial charge on any atom is -0.481 e. The summed E-state index contributed by atoms with van der Waals surface area (Å²) in [4.78, 5) is 16.2. The molecule has 31 heavy (non-hydrogen) atoms. The largest absolute Gasteiger partial charge is 0.481 e. The minimum absolute atomic E-state index is 0.0284. The maximum atomic E-state index is 13.1. The Morgan fingerprint density at radius 1 is 0.871 bits per heavy atom. The summed E-state index contributed by atoms with van der Waals surface area (Å²) >= 11 is 0. The maximum absolute atomic E-state index is 13.1. The fourth-order valence-corrected chi connectivity index (χ4v) is 4.28. The van der Waals surface area contributed by atoms with Crippen LogP contribution in [0.15, 0.2) is 84.9 Å². The number of halogens is 1. The fraction of sp³-hybridized carbons (Fsp3) is 0.269. The molecule has 1 aliphatic heterocycles. The molecule has 5 heteroatoms. The number of carbonyl (C=O) groups is 1. The first-order valence-corrected chi connectivity index (χ1v) is 10.8. The number of ether oxygens (including phenoxy) is 1. The number of quaternary nitrogens is 1. The molecule has 3 aromatic rings. The van der Waals surface area contributed by atoms with E-state index in [1.807, 2.05) is 17.0 Å². The van der Waals surface area contributed by atoms with Crippen molar-refractivity contribution < 1.29 is 18.8 Å². The molecule has 0 unspecified atom stereocenters. The summed E-state index contributed by atoms with van der Waals surface area (Å²) in [5.74, 6) is 0.149. The summed E-state index contributed by atoms with van der Waals surface area (Å²) in [5.41, 5.74) is 2.58. The summed E-state index contributed by atoms with van der Waals surface area (Å²) in [7, 11) is 0. The molecule has 1 N–H and O–H groups in total. The number of hydrogen-bond donors (Lipinski definition) is 1. The molecule has 1 fully saturated rings. The van der Waals surface area contributed by atoms with Gasteiger partial charge in [-0.25, -0.2) is 4.39 Å². The van der Waals surface area contributed by atoms with Crippen LogP contribution in [-0.4, -0.2) is 43.1 Å². The number of hydrogen-bond acceptors (Lipinski definition) is 2. The quantitative estimate of drug-likeness (QED) is 0.666. The van der Waals surface area contributed by atoms with E-state index < -0.39 is 6.10 Å². The van der Waals surface area contributed by atoms with Crippen molar-refractivity contribution in [1.82, 2.24) is 4.90 Å². The first-order chi connectivity index (χ1) is 15.1. The molecule has 160 valence electrons. The Bertz CT molecular complexity index is 932. The Morgan fingerprint density at radius 3 is 1.90 bits per heavy atom. The number of amides is 1. The molecule has 0 aromatic heterocycles. The van der Waals surface area contributed by atoms with Crippen LogP contribution in [0, 0.1) is 5.82 Å². The Morgan fingerprint density at radius 2 is 1.39 bits per heavy atom. The molecule has 3 aromatic carbocycles. The van der Waals surface area contributed by atoms with Gasteiger partial charge in [0.2, 0.25) is 0 Å². The first kappa shape index (κ1) is 21.1. The molecule has 1 atom stereocenters. The number of nitrogens with zero attached hydrogens (tertiary/aromatic N) is 1. The third-order valence-electron chi connectivity index (χ3n) is 5.87. The van der Waals surface area contributed by atoms with Crippen molar-refractivity contribution in [2.24, 2.45) is 0 Å². The molecule has 0 radical (unpaired) electrons. The van der Waals surface area contributed by atoms with Gasteiger partial charge < -0.3 is 14.5 Å². The zero-order valence-corrected chi connectivity index (χ0v) is 17.7. The van der Waals surface area contributed by atoms with Gasteiger partial charge in [0.05, 0.1) is 26.2 Å². The van der Waals surface area contributed by atoms with Gasteiger partial charge in [0, 0.05) is 11.1 Å². The highest BCUT2D eigenvalue weighted by Gasteiger charge is 2.33. The maximum Gasteiger partial charge on any atom is 0.263 e. The molecule has 4 nitrogen and oxygen atoms in total. The standard InChI is InChI=1S/C26H27FN2O2/c1-20(31-24-14-12-23(27)13-15-24)26(30)29-18-16-28(17-19-29)25(21-8-4-2-5-9-21)22-10-6-3-7-11-22/h2-15,20,25H,16-19H2,1H3/p+1/t20-/m0/s1. The Balaban J connectivity index is 1.41. The van der Waals surface area contributed by atoms with Crippen molar-refractivity contribution in [2.45, 2.75) is 19.1 Å². The Labute approximate surface area is 182 Å². The van der Waals surface area contributed by atoms with Crippen molar-refractivity contribution in [3.05, 3.63) is 102 Å². The third kappa shape index (κ3) is 5.12. The van der Waals surface area contributed by atoms with Crippen LogP contribution >= 0.6 is 0 Å². The molecule has 1 amide bonds. The summed E-state index contributed by atoms with van der Waals surface area (Å²) in [6, 6.07) is 27.1. The van der Waals surface area contributed by atoms with Crippen molar-refractivity contribution in [3.8, 4) is 5.75 Å². The normalized spacial score (nSPS) is 15.6. The second-order valence-corrected chi connectivity index (χ2v) is 7.95. The van der Waals surface area contributed by atoms with Gasteiger partial charge in [0.1, 0.15) is 17.6 Å². The molecule has 0 saturated carbocycles. The Kier molecular flexibility index (Phi) is 6.63. The van der Waals surface area contributed by atoms with E-state index in [9.17, 15) is 9.18 Å².